The highest BCUT2D eigenvalue weighted by atomic mass is 79.9. The Hall–Kier alpha value is -1.04. The molecule has 0 amide bonds. The van der Waals surface area contributed by atoms with Gasteiger partial charge in [-0.2, -0.15) is 0 Å². The molecule has 1 aromatic carbocycles. The maximum atomic E-state index is 6.24. The molecule has 2 aromatic rings. The standard InChI is InChI=1S/C13H15BrClN3O/c1-9(8-19-2)17-13-16-5-6-18(13)12-7-10(14)3-4-11(12)15/h3-7,9H,8H2,1-2H3,(H,16,17). The molecule has 0 aliphatic rings. The second kappa shape index (κ2) is 6.41. The van der Waals surface area contributed by atoms with Crippen LogP contribution >= 0.6 is 27.5 Å². The van der Waals surface area contributed by atoms with E-state index in [1.807, 2.05) is 35.9 Å². The van der Waals surface area contributed by atoms with E-state index in [0.717, 1.165) is 16.1 Å². The summed E-state index contributed by atoms with van der Waals surface area (Å²) in [5, 5.41) is 3.96. The van der Waals surface area contributed by atoms with Crippen molar-refractivity contribution < 1.29 is 4.74 Å². The molecule has 0 spiro atoms. The first-order chi connectivity index (χ1) is 9.11. The highest BCUT2D eigenvalue weighted by Gasteiger charge is 2.11. The normalized spacial score (nSPS) is 12.4. The minimum atomic E-state index is 0.164. The minimum Gasteiger partial charge on any atom is -0.383 e. The number of rotatable bonds is 5. The number of anilines is 1. The minimum absolute atomic E-state index is 0.164. The maximum absolute atomic E-state index is 6.24. The molecule has 0 aliphatic carbocycles. The van der Waals surface area contributed by atoms with E-state index in [0.29, 0.717) is 11.6 Å². The van der Waals surface area contributed by atoms with Crippen molar-refractivity contribution in [1.82, 2.24) is 9.55 Å². The van der Waals surface area contributed by atoms with Crippen LogP contribution in [0.1, 0.15) is 6.92 Å². The molecule has 1 unspecified atom stereocenters. The smallest absolute Gasteiger partial charge is 0.207 e. The Morgan fingerprint density at radius 2 is 2.32 bits per heavy atom. The van der Waals surface area contributed by atoms with Gasteiger partial charge in [0.15, 0.2) is 0 Å². The number of nitrogens with zero attached hydrogens (tertiary/aromatic N) is 2. The zero-order valence-corrected chi connectivity index (χ0v) is 13.1. The number of imidazole rings is 1. The molecular formula is C13H15BrClN3O. The monoisotopic (exact) mass is 343 g/mol. The number of halogens is 2. The quantitative estimate of drug-likeness (QED) is 0.898. The van der Waals surface area contributed by atoms with Gasteiger partial charge in [-0.1, -0.05) is 27.5 Å². The first-order valence-electron chi connectivity index (χ1n) is 5.86. The number of benzene rings is 1. The highest BCUT2D eigenvalue weighted by Crippen LogP contribution is 2.26. The van der Waals surface area contributed by atoms with Crippen molar-refractivity contribution >= 4 is 33.5 Å². The van der Waals surface area contributed by atoms with E-state index in [1.54, 1.807) is 13.3 Å². The molecule has 0 aliphatic heterocycles. The van der Waals surface area contributed by atoms with Gasteiger partial charge in [-0.3, -0.25) is 4.57 Å². The summed E-state index contributed by atoms with van der Waals surface area (Å²) in [6.45, 7) is 2.64. The van der Waals surface area contributed by atoms with Crippen LogP contribution in [0.5, 0.6) is 0 Å². The van der Waals surface area contributed by atoms with Gasteiger partial charge in [-0.25, -0.2) is 4.98 Å². The van der Waals surface area contributed by atoms with Crippen LogP contribution in [-0.4, -0.2) is 29.3 Å². The van der Waals surface area contributed by atoms with Crippen LogP contribution in [0.2, 0.25) is 5.02 Å². The number of methoxy groups -OCH3 is 1. The van der Waals surface area contributed by atoms with Gasteiger partial charge in [0.05, 0.1) is 17.3 Å². The lowest BCUT2D eigenvalue weighted by Gasteiger charge is -2.16. The van der Waals surface area contributed by atoms with Gasteiger partial charge in [0.25, 0.3) is 0 Å². The molecule has 102 valence electrons. The fourth-order valence-corrected chi connectivity index (χ4v) is 2.34. The van der Waals surface area contributed by atoms with Crippen LogP contribution in [0.4, 0.5) is 5.95 Å². The number of hydrogen-bond acceptors (Lipinski definition) is 3. The Kier molecular flexibility index (Phi) is 4.85. The summed E-state index contributed by atoms with van der Waals surface area (Å²) >= 11 is 9.68. The Morgan fingerprint density at radius 3 is 3.05 bits per heavy atom. The first-order valence-corrected chi connectivity index (χ1v) is 7.03. The van der Waals surface area contributed by atoms with Crippen LogP contribution < -0.4 is 5.32 Å². The van der Waals surface area contributed by atoms with Crippen molar-refractivity contribution in [3.05, 3.63) is 40.1 Å². The third-order valence-corrected chi connectivity index (χ3v) is 3.41. The lowest BCUT2D eigenvalue weighted by molar-refractivity contribution is 0.190. The Labute approximate surface area is 125 Å². The second-order valence-corrected chi connectivity index (χ2v) is 5.54. The third-order valence-electron chi connectivity index (χ3n) is 2.60. The summed E-state index contributed by atoms with van der Waals surface area (Å²) in [4.78, 5) is 4.31. The van der Waals surface area contributed by atoms with Gasteiger partial charge < -0.3 is 10.1 Å². The van der Waals surface area contributed by atoms with Crippen molar-refractivity contribution in [2.24, 2.45) is 0 Å². The largest absolute Gasteiger partial charge is 0.383 e. The molecule has 0 bridgehead atoms. The van der Waals surface area contributed by atoms with E-state index in [9.17, 15) is 0 Å². The van der Waals surface area contributed by atoms with E-state index in [-0.39, 0.29) is 6.04 Å². The zero-order valence-electron chi connectivity index (χ0n) is 10.7. The van der Waals surface area contributed by atoms with E-state index < -0.39 is 0 Å². The Balaban J connectivity index is 2.31. The summed E-state index contributed by atoms with van der Waals surface area (Å²) in [6, 6.07) is 5.88. The van der Waals surface area contributed by atoms with Crippen LogP contribution in [-0.2, 0) is 4.74 Å². The molecule has 0 radical (unpaired) electrons. The lowest BCUT2D eigenvalue weighted by Crippen LogP contribution is -2.22. The summed E-state index contributed by atoms with van der Waals surface area (Å²) in [5.41, 5.74) is 0.876. The molecule has 6 heteroatoms. The van der Waals surface area contributed by atoms with Crippen molar-refractivity contribution in [2.75, 3.05) is 19.0 Å². The summed E-state index contributed by atoms with van der Waals surface area (Å²) < 4.78 is 7.99. The van der Waals surface area contributed by atoms with Crippen LogP contribution in [0.15, 0.2) is 35.1 Å². The number of hydrogen-bond donors (Lipinski definition) is 1. The van der Waals surface area contributed by atoms with Crippen molar-refractivity contribution in [1.29, 1.82) is 0 Å². The molecule has 2 rings (SSSR count). The fourth-order valence-electron chi connectivity index (χ4n) is 1.79. The SMILES string of the molecule is COCC(C)Nc1nccn1-c1cc(Br)ccc1Cl. The lowest BCUT2D eigenvalue weighted by atomic mass is 10.3. The van der Waals surface area contributed by atoms with Crippen molar-refractivity contribution in [3.63, 3.8) is 0 Å². The van der Waals surface area contributed by atoms with Crippen molar-refractivity contribution in [3.8, 4) is 5.69 Å². The summed E-state index contributed by atoms with van der Waals surface area (Å²) in [6.07, 6.45) is 3.61. The van der Waals surface area contributed by atoms with E-state index >= 15 is 0 Å². The number of aromatic nitrogens is 2. The average molecular weight is 345 g/mol. The van der Waals surface area contributed by atoms with Crippen molar-refractivity contribution in [2.45, 2.75) is 13.0 Å². The van der Waals surface area contributed by atoms with Gasteiger partial charge in [0, 0.05) is 30.0 Å². The molecule has 1 atom stereocenters. The molecule has 1 heterocycles. The molecule has 4 nitrogen and oxygen atoms in total. The summed E-state index contributed by atoms with van der Waals surface area (Å²) in [7, 11) is 1.68. The molecule has 0 saturated heterocycles. The third kappa shape index (κ3) is 3.49. The number of nitrogens with one attached hydrogen (secondary N) is 1. The molecule has 0 saturated carbocycles. The summed E-state index contributed by atoms with van der Waals surface area (Å²) in [5.74, 6) is 0.740. The van der Waals surface area contributed by atoms with Crippen LogP contribution in [0, 0.1) is 0 Å². The van der Waals surface area contributed by atoms with Gasteiger partial charge >= 0.3 is 0 Å². The average Bonchev–Trinajstić information content (AvgIpc) is 2.80. The topological polar surface area (TPSA) is 39.1 Å². The van der Waals surface area contributed by atoms with Crippen LogP contribution in [0.25, 0.3) is 5.69 Å². The van der Waals surface area contributed by atoms with E-state index in [2.05, 4.69) is 26.2 Å². The van der Waals surface area contributed by atoms with Gasteiger partial charge in [0.1, 0.15) is 0 Å². The molecular weight excluding hydrogens is 330 g/mol. The Morgan fingerprint density at radius 1 is 1.53 bits per heavy atom. The molecule has 1 N–H and O–H groups in total. The van der Waals surface area contributed by atoms with Gasteiger partial charge in [-0.15, -0.1) is 0 Å². The second-order valence-electron chi connectivity index (χ2n) is 4.22. The predicted molar refractivity (Wildman–Crippen MR) is 81.2 cm³/mol. The van der Waals surface area contributed by atoms with E-state index in [1.165, 1.54) is 0 Å². The first kappa shape index (κ1) is 14.4. The molecule has 19 heavy (non-hydrogen) atoms. The molecule has 0 fully saturated rings. The van der Waals surface area contributed by atoms with Gasteiger partial charge in [0.2, 0.25) is 5.95 Å². The zero-order chi connectivity index (χ0) is 13.8. The number of ether oxygens (including phenoxy) is 1. The van der Waals surface area contributed by atoms with E-state index in [4.69, 9.17) is 16.3 Å². The predicted octanol–water partition coefficient (Wildman–Crippen LogP) is 3.74. The highest BCUT2D eigenvalue weighted by molar-refractivity contribution is 9.10. The van der Waals surface area contributed by atoms with Crippen LogP contribution in [0.3, 0.4) is 0 Å². The fraction of sp³-hybridized carbons (Fsp3) is 0.308. The maximum Gasteiger partial charge on any atom is 0.207 e. The molecule has 1 aromatic heterocycles. The Bertz CT molecular complexity index is 559. The van der Waals surface area contributed by atoms with Gasteiger partial charge in [-0.05, 0) is 25.1 Å².